The quantitative estimate of drug-likeness (QED) is 0.440. The van der Waals surface area contributed by atoms with Gasteiger partial charge in [-0.1, -0.05) is 0 Å². The molecule has 39 heavy (non-hydrogen) atoms. The van der Waals surface area contributed by atoms with Crippen molar-refractivity contribution >= 4 is 28.3 Å². The fraction of sp³-hybridized carbons (Fsp3) is 0.444. The average molecular weight is 546 g/mol. The van der Waals surface area contributed by atoms with E-state index < -0.39 is 17.8 Å². The molecule has 1 aromatic heterocycles. The van der Waals surface area contributed by atoms with Crippen molar-refractivity contribution in [2.24, 2.45) is 0 Å². The zero-order valence-electron chi connectivity index (χ0n) is 21.7. The van der Waals surface area contributed by atoms with Gasteiger partial charge in [-0.15, -0.1) is 0 Å². The minimum atomic E-state index is -4.53. The summed E-state index contributed by atoms with van der Waals surface area (Å²) in [6.45, 7) is 6.26. The number of alkyl halides is 3. The molecule has 2 saturated heterocycles. The zero-order chi connectivity index (χ0) is 27.7. The van der Waals surface area contributed by atoms with Gasteiger partial charge < -0.3 is 30.2 Å². The lowest BCUT2D eigenvalue weighted by Crippen LogP contribution is -2.41. The van der Waals surface area contributed by atoms with E-state index >= 15 is 0 Å². The van der Waals surface area contributed by atoms with Crippen LogP contribution in [-0.2, 0) is 15.7 Å². The smallest absolute Gasteiger partial charge is 0.416 e. The molecule has 0 aliphatic carbocycles. The number of ether oxygens (including phenoxy) is 3. The molecule has 0 saturated carbocycles. The summed E-state index contributed by atoms with van der Waals surface area (Å²) in [5.41, 5.74) is 6.20. The second-order valence-electron chi connectivity index (χ2n) is 9.75. The van der Waals surface area contributed by atoms with Crippen molar-refractivity contribution in [1.82, 2.24) is 14.9 Å². The van der Waals surface area contributed by atoms with E-state index in [-0.39, 0.29) is 17.7 Å². The highest BCUT2D eigenvalue weighted by atomic mass is 19.4. The van der Waals surface area contributed by atoms with Crippen LogP contribution >= 0.6 is 0 Å². The molecule has 208 valence electrons. The Morgan fingerprint density at radius 1 is 1.13 bits per heavy atom. The molecule has 2 aliphatic heterocycles. The number of amides is 1. The number of nitrogens with one attached hydrogen (secondary N) is 1. The molecule has 9 nitrogen and oxygen atoms in total. The van der Waals surface area contributed by atoms with Gasteiger partial charge in [-0.05, 0) is 49.7 Å². The van der Waals surface area contributed by atoms with E-state index in [1.165, 1.54) is 6.07 Å². The first-order valence-corrected chi connectivity index (χ1v) is 12.8. The molecule has 3 aromatic rings. The number of hydrogen-bond donors (Lipinski definition) is 2. The van der Waals surface area contributed by atoms with Gasteiger partial charge in [-0.3, -0.25) is 4.79 Å². The average Bonchev–Trinajstić information content (AvgIpc) is 3.41. The van der Waals surface area contributed by atoms with Crippen LogP contribution in [0.4, 0.5) is 24.7 Å². The Labute approximate surface area is 223 Å². The third kappa shape index (κ3) is 6.01. The van der Waals surface area contributed by atoms with Gasteiger partial charge in [0.15, 0.2) is 0 Å². The van der Waals surface area contributed by atoms with Gasteiger partial charge >= 0.3 is 6.18 Å². The summed E-state index contributed by atoms with van der Waals surface area (Å²) in [5, 5.41) is 3.78. The molecule has 2 aliphatic rings. The fourth-order valence-corrected chi connectivity index (χ4v) is 4.75. The number of hydrogen-bond acceptors (Lipinski definition) is 8. The van der Waals surface area contributed by atoms with E-state index in [0.717, 1.165) is 12.1 Å². The van der Waals surface area contributed by atoms with Crippen molar-refractivity contribution in [2.45, 2.75) is 38.6 Å². The van der Waals surface area contributed by atoms with Gasteiger partial charge in [0.2, 0.25) is 0 Å². The van der Waals surface area contributed by atoms with Crippen molar-refractivity contribution in [2.75, 3.05) is 50.6 Å². The predicted molar refractivity (Wildman–Crippen MR) is 139 cm³/mol. The van der Waals surface area contributed by atoms with E-state index in [1.807, 2.05) is 0 Å². The normalized spacial score (nSPS) is 18.8. The maximum Gasteiger partial charge on any atom is 0.416 e. The molecule has 0 bridgehead atoms. The van der Waals surface area contributed by atoms with E-state index in [0.29, 0.717) is 85.4 Å². The van der Waals surface area contributed by atoms with E-state index in [9.17, 15) is 18.0 Å². The molecule has 2 aromatic carbocycles. The first-order chi connectivity index (χ1) is 18.6. The number of anilines is 2. The number of benzene rings is 2. The Bertz CT molecular complexity index is 1370. The van der Waals surface area contributed by atoms with Gasteiger partial charge in [0.1, 0.15) is 23.5 Å². The van der Waals surface area contributed by atoms with Crippen molar-refractivity contribution in [3.8, 4) is 5.75 Å². The van der Waals surface area contributed by atoms with Crippen LogP contribution in [0.15, 0.2) is 30.3 Å². The summed E-state index contributed by atoms with van der Waals surface area (Å²) < 4.78 is 57.3. The minimum Gasteiger partial charge on any atom is -0.487 e. The number of nitrogens with two attached hydrogens (primary N) is 1. The number of halogens is 3. The standard InChI is InChI=1S/C27H30F3N5O4/c1-15(17-9-18(27(28,29)30)11-19(31)10-17)32-25-21-13-24(39-20-3-6-38-14-20)22(12-23(21)33-16(2)34-25)26(36)35-4-7-37-8-5-35/h9-13,15,20H,3-8,14,31H2,1-2H3,(H,32,33,34)/t15-,20?/m1/s1. The predicted octanol–water partition coefficient (Wildman–Crippen LogP) is 4.35. The lowest BCUT2D eigenvalue weighted by molar-refractivity contribution is -0.137. The molecular formula is C27H30F3N5O4. The molecular weight excluding hydrogens is 515 g/mol. The molecule has 1 unspecified atom stereocenters. The number of carbonyl (C=O) groups is 1. The van der Waals surface area contributed by atoms with Crippen LogP contribution < -0.4 is 15.8 Å². The molecule has 1 amide bonds. The summed E-state index contributed by atoms with van der Waals surface area (Å²) >= 11 is 0. The molecule has 3 N–H and O–H groups in total. The fourth-order valence-electron chi connectivity index (χ4n) is 4.75. The summed E-state index contributed by atoms with van der Waals surface area (Å²) in [4.78, 5) is 24.3. The number of aryl methyl sites for hydroxylation is 1. The van der Waals surface area contributed by atoms with Crippen molar-refractivity contribution in [3.05, 3.63) is 52.8 Å². The Kier molecular flexibility index (Phi) is 7.50. The van der Waals surface area contributed by atoms with Crippen molar-refractivity contribution in [3.63, 3.8) is 0 Å². The van der Waals surface area contributed by atoms with Crippen molar-refractivity contribution < 1.29 is 32.2 Å². The lowest BCUT2D eigenvalue weighted by atomic mass is 10.0. The maximum atomic E-state index is 13.5. The number of rotatable bonds is 6. The monoisotopic (exact) mass is 545 g/mol. The van der Waals surface area contributed by atoms with Crippen LogP contribution in [-0.4, -0.2) is 66.4 Å². The number of fused-ring (bicyclic) bond motifs is 1. The Hall–Kier alpha value is -3.64. The third-order valence-corrected chi connectivity index (χ3v) is 6.78. The summed E-state index contributed by atoms with van der Waals surface area (Å²) in [6.07, 6.45) is -4.05. The largest absolute Gasteiger partial charge is 0.487 e. The topological polar surface area (TPSA) is 112 Å². The highest BCUT2D eigenvalue weighted by molar-refractivity contribution is 6.03. The van der Waals surface area contributed by atoms with E-state index in [1.54, 1.807) is 30.9 Å². The number of nitrogens with zero attached hydrogens (tertiary/aromatic N) is 3. The van der Waals surface area contributed by atoms with Crippen LogP contribution in [0.5, 0.6) is 5.75 Å². The summed E-state index contributed by atoms with van der Waals surface area (Å²) in [7, 11) is 0. The zero-order valence-corrected chi connectivity index (χ0v) is 21.7. The molecule has 3 heterocycles. The number of aromatic nitrogens is 2. The first kappa shape index (κ1) is 26.9. The molecule has 2 atom stereocenters. The molecule has 5 rings (SSSR count). The highest BCUT2D eigenvalue weighted by Gasteiger charge is 2.32. The Balaban J connectivity index is 1.54. The van der Waals surface area contributed by atoms with Gasteiger partial charge in [-0.25, -0.2) is 9.97 Å². The number of nitrogen functional groups attached to an aromatic ring is 1. The minimum absolute atomic E-state index is 0.0120. The Morgan fingerprint density at radius 2 is 1.90 bits per heavy atom. The maximum absolute atomic E-state index is 13.5. The summed E-state index contributed by atoms with van der Waals surface area (Å²) in [5.74, 6) is 1.02. The van der Waals surface area contributed by atoms with Gasteiger partial charge in [0.05, 0.1) is 49.1 Å². The van der Waals surface area contributed by atoms with Crippen LogP contribution in [0, 0.1) is 6.92 Å². The van der Waals surface area contributed by atoms with Gasteiger partial charge in [0, 0.05) is 30.6 Å². The first-order valence-electron chi connectivity index (χ1n) is 12.8. The second kappa shape index (κ2) is 10.9. The van der Waals surface area contributed by atoms with Crippen LogP contribution in [0.3, 0.4) is 0 Å². The van der Waals surface area contributed by atoms with Crippen LogP contribution in [0.25, 0.3) is 10.9 Å². The van der Waals surface area contributed by atoms with Crippen molar-refractivity contribution in [1.29, 1.82) is 0 Å². The van der Waals surface area contributed by atoms with Crippen LogP contribution in [0.1, 0.15) is 46.7 Å². The highest BCUT2D eigenvalue weighted by Crippen LogP contribution is 2.35. The van der Waals surface area contributed by atoms with Crippen LogP contribution in [0.2, 0.25) is 0 Å². The summed E-state index contributed by atoms with van der Waals surface area (Å²) in [6, 6.07) is 6.30. The molecule has 0 spiro atoms. The lowest BCUT2D eigenvalue weighted by Gasteiger charge is -2.28. The molecule has 12 heteroatoms. The third-order valence-electron chi connectivity index (χ3n) is 6.78. The molecule has 0 radical (unpaired) electrons. The van der Waals surface area contributed by atoms with Gasteiger partial charge in [-0.2, -0.15) is 13.2 Å². The number of carbonyl (C=O) groups excluding carboxylic acids is 1. The van der Waals surface area contributed by atoms with Gasteiger partial charge in [0.25, 0.3) is 5.91 Å². The van der Waals surface area contributed by atoms with E-state index in [2.05, 4.69) is 15.3 Å². The SMILES string of the molecule is Cc1nc(N[C@H](C)c2cc(N)cc(C(F)(F)F)c2)c2cc(OC3CCOC3)c(C(=O)N3CCOCC3)cc2n1. The number of morpholine rings is 1. The Morgan fingerprint density at radius 3 is 2.59 bits per heavy atom. The van der Waals surface area contributed by atoms with E-state index in [4.69, 9.17) is 19.9 Å². The molecule has 2 fully saturated rings. The second-order valence-corrected chi connectivity index (χ2v) is 9.75.